The monoisotopic (exact) mass is 156 g/mol. The van der Waals surface area contributed by atoms with Crippen molar-refractivity contribution in [1.29, 1.82) is 0 Å². The summed E-state index contributed by atoms with van der Waals surface area (Å²) in [5.41, 5.74) is 6.28. The number of pyridine rings is 1. The molecule has 0 bridgehead atoms. The van der Waals surface area contributed by atoms with Crippen LogP contribution in [0.3, 0.4) is 0 Å². The predicted octanol–water partition coefficient (Wildman–Crippen LogP) is 1.24. The van der Waals surface area contributed by atoms with Gasteiger partial charge in [0.25, 0.3) is 0 Å². The summed E-state index contributed by atoms with van der Waals surface area (Å²) >= 11 is 5.70. The molecular weight excluding hydrogens is 148 g/mol. The van der Waals surface area contributed by atoms with Gasteiger partial charge in [0.15, 0.2) is 0 Å². The van der Waals surface area contributed by atoms with Gasteiger partial charge in [-0.05, 0) is 18.7 Å². The average molecular weight is 157 g/mol. The molecule has 3 heteroatoms. The van der Waals surface area contributed by atoms with E-state index in [4.69, 9.17) is 17.3 Å². The van der Waals surface area contributed by atoms with Gasteiger partial charge in [-0.15, -0.1) is 0 Å². The summed E-state index contributed by atoms with van der Waals surface area (Å²) in [6, 6.07) is 3.58. The van der Waals surface area contributed by atoms with Gasteiger partial charge in [0, 0.05) is 23.3 Å². The average Bonchev–Trinajstić information content (AvgIpc) is 1.88. The first-order valence-electron chi connectivity index (χ1n) is 3.13. The molecule has 0 radical (unpaired) electrons. The van der Waals surface area contributed by atoms with E-state index in [1.54, 1.807) is 12.3 Å². The van der Waals surface area contributed by atoms with Crippen LogP contribution in [0.25, 0.3) is 0 Å². The van der Waals surface area contributed by atoms with Crippen molar-refractivity contribution in [2.75, 3.05) is 6.54 Å². The zero-order chi connectivity index (χ0) is 7.40. The molecular formula is C7H9ClN2. The molecule has 0 aromatic carbocycles. The maximum absolute atomic E-state index is 5.70. The van der Waals surface area contributed by atoms with Crippen molar-refractivity contribution in [3.05, 3.63) is 29.0 Å². The van der Waals surface area contributed by atoms with E-state index < -0.39 is 0 Å². The minimum Gasteiger partial charge on any atom is -0.330 e. The number of aromatic nitrogens is 1. The summed E-state index contributed by atoms with van der Waals surface area (Å²) in [6.07, 6.45) is 2.48. The number of hydrogen-bond donors (Lipinski definition) is 1. The normalized spacial score (nSPS) is 9.80. The largest absolute Gasteiger partial charge is 0.330 e. The molecule has 0 amide bonds. The molecule has 1 aromatic rings. The molecule has 0 saturated heterocycles. The summed E-state index contributed by atoms with van der Waals surface area (Å²) in [5, 5.41) is 0.721. The van der Waals surface area contributed by atoms with Crippen LogP contribution in [0.2, 0.25) is 5.02 Å². The fourth-order valence-electron chi connectivity index (χ4n) is 0.733. The highest BCUT2D eigenvalue weighted by molar-refractivity contribution is 6.30. The molecule has 0 fully saturated rings. The molecule has 0 spiro atoms. The lowest BCUT2D eigenvalue weighted by Crippen LogP contribution is -2.03. The second kappa shape index (κ2) is 3.54. The summed E-state index contributed by atoms with van der Waals surface area (Å²) < 4.78 is 0. The topological polar surface area (TPSA) is 38.9 Å². The molecule has 1 rings (SSSR count). The van der Waals surface area contributed by atoms with E-state index in [1.807, 2.05) is 6.07 Å². The molecule has 1 heterocycles. The number of rotatable bonds is 2. The molecule has 1 aromatic heterocycles. The summed E-state index contributed by atoms with van der Waals surface area (Å²) in [4.78, 5) is 4.06. The van der Waals surface area contributed by atoms with Crippen LogP contribution in [0.4, 0.5) is 0 Å². The minimum atomic E-state index is 0.618. The second-order valence-corrected chi connectivity index (χ2v) is 2.44. The highest BCUT2D eigenvalue weighted by Gasteiger charge is 1.92. The Hall–Kier alpha value is -0.600. The third kappa shape index (κ3) is 1.97. The lowest BCUT2D eigenvalue weighted by Gasteiger charge is -1.95. The van der Waals surface area contributed by atoms with Crippen molar-refractivity contribution in [3.8, 4) is 0 Å². The molecule has 2 N–H and O–H groups in total. The minimum absolute atomic E-state index is 0.618. The molecule has 10 heavy (non-hydrogen) atoms. The van der Waals surface area contributed by atoms with Gasteiger partial charge >= 0.3 is 0 Å². The van der Waals surface area contributed by atoms with Crippen molar-refractivity contribution in [1.82, 2.24) is 4.98 Å². The summed E-state index contributed by atoms with van der Waals surface area (Å²) in [6.45, 7) is 0.618. The molecule has 0 aliphatic carbocycles. The third-order valence-electron chi connectivity index (χ3n) is 1.18. The highest BCUT2D eigenvalue weighted by Crippen LogP contribution is 2.07. The maximum atomic E-state index is 5.70. The third-order valence-corrected chi connectivity index (χ3v) is 1.41. The molecule has 0 saturated carbocycles. The van der Waals surface area contributed by atoms with E-state index in [-0.39, 0.29) is 0 Å². The fourth-order valence-corrected chi connectivity index (χ4v) is 0.916. The van der Waals surface area contributed by atoms with Crippen LogP contribution in [0.15, 0.2) is 18.3 Å². The van der Waals surface area contributed by atoms with E-state index in [0.29, 0.717) is 6.54 Å². The van der Waals surface area contributed by atoms with E-state index in [2.05, 4.69) is 4.98 Å². The van der Waals surface area contributed by atoms with Crippen molar-refractivity contribution >= 4 is 11.6 Å². The van der Waals surface area contributed by atoms with Gasteiger partial charge in [-0.2, -0.15) is 0 Å². The summed E-state index contributed by atoms with van der Waals surface area (Å²) in [5.74, 6) is 0. The molecule has 0 atom stereocenters. The first-order chi connectivity index (χ1) is 4.83. The van der Waals surface area contributed by atoms with E-state index >= 15 is 0 Å². The van der Waals surface area contributed by atoms with Gasteiger partial charge in [-0.25, -0.2) is 0 Å². The van der Waals surface area contributed by atoms with E-state index in [1.165, 1.54) is 0 Å². The van der Waals surface area contributed by atoms with Crippen LogP contribution < -0.4 is 5.73 Å². The fraction of sp³-hybridized carbons (Fsp3) is 0.286. The van der Waals surface area contributed by atoms with E-state index in [0.717, 1.165) is 17.1 Å². The number of hydrogen-bond acceptors (Lipinski definition) is 2. The molecule has 54 valence electrons. The summed E-state index contributed by atoms with van der Waals surface area (Å²) in [7, 11) is 0. The smallest absolute Gasteiger partial charge is 0.0439 e. The van der Waals surface area contributed by atoms with Crippen molar-refractivity contribution < 1.29 is 0 Å². The molecule has 0 aliphatic heterocycles. The quantitative estimate of drug-likeness (QED) is 0.700. The maximum Gasteiger partial charge on any atom is 0.0439 e. The first kappa shape index (κ1) is 7.51. The zero-order valence-electron chi connectivity index (χ0n) is 5.55. The van der Waals surface area contributed by atoms with Crippen LogP contribution in [-0.4, -0.2) is 11.5 Å². The van der Waals surface area contributed by atoms with Gasteiger partial charge in [-0.1, -0.05) is 11.6 Å². The predicted molar refractivity (Wildman–Crippen MR) is 42.0 cm³/mol. The van der Waals surface area contributed by atoms with Crippen LogP contribution in [0.5, 0.6) is 0 Å². The van der Waals surface area contributed by atoms with Crippen molar-refractivity contribution in [2.45, 2.75) is 6.42 Å². The Bertz CT molecular complexity index is 213. The van der Waals surface area contributed by atoms with E-state index in [9.17, 15) is 0 Å². The molecule has 0 unspecified atom stereocenters. The second-order valence-electron chi connectivity index (χ2n) is 2.00. The Morgan fingerprint density at radius 1 is 1.60 bits per heavy atom. The Morgan fingerprint density at radius 2 is 2.40 bits per heavy atom. The van der Waals surface area contributed by atoms with Crippen LogP contribution in [0, 0.1) is 0 Å². The van der Waals surface area contributed by atoms with Gasteiger partial charge in [0.2, 0.25) is 0 Å². The van der Waals surface area contributed by atoms with Crippen molar-refractivity contribution in [3.63, 3.8) is 0 Å². The number of nitrogens with two attached hydrogens (primary N) is 1. The standard InChI is InChI=1S/C7H9ClN2/c8-6-2-4-10-7(5-6)1-3-9/h2,4-5H,1,3,9H2. The molecule has 0 aliphatic rings. The molecule has 2 nitrogen and oxygen atoms in total. The Morgan fingerprint density at radius 3 is 3.00 bits per heavy atom. The van der Waals surface area contributed by atoms with Gasteiger partial charge in [0.05, 0.1) is 0 Å². The van der Waals surface area contributed by atoms with Gasteiger partial charge < -0.3 is 5.73 Å². The highest BCUT2D eigenvalue weighted by atomic mass is 35.5. The van der Waals surface area contributed by atoms with Crippen LogP contribution in [-0.2, 0) is 6.42 Å². The number of halogens is 1. The van der Waals surface area contributed by atoms with Gasteiger partial charge in [-0.3, -0.25) is 4.98 Å². The van der Waals surface area contributed by atoms with Crippen LogP contribution in [0.1, 0.15) is 5.69 Å². The first-order valence-corrected chi connectivity index (χ1v) is 3.51. The lowest BCUT2D eigenvalue weighted by molar-refractivity contribution is 0.923. The zero-order valence-corrected chi connectivity index (χ0v) is 6.30. The SMILES string of the molecule is NCCc1cc(Cl)ccn1. The number of nitrogens with zero attached hydrogens (tertiary/aromatic N) is 1. The van der Waals surface area contributed by atoms with Gasteiger partial charge in [0.1, 0.15) is 0 Å². The Kier molecular flexibility index (Phi) is 2.66. The lowest BCUT2D eigenvalue weighted by atomic mass is 10.3. The Labute approximate surface area is 65.0 Å². The van der Waals surface area contributed by atoms with Crippen LogP contribution >= 0.6 is 11.6 Å². The van der Waals surface area contributed by atoms with Crippen molar-refractivity contribution in [2.24, 2.45) is 5.73 Å². The Balaban J connectivity index is 2.75.